The fourth-order valence-corrected chi connectivity index (χ4v) is 3.92. The van der Waals surface area contributed by atoms with Crippen molar-refractivity contribution in [2.24, 2.45) is 0 Å². The molecular formula is C28H34FN3O2. The molecule has 180 valence electrons. The van der Waals surface area contributed by atoms with Gasteiger partial charge in [-0.2, -0.15) is 0 Å². The summed E-state index contributed by atoms with van der Waals surface area (Å²) < 4.78 is 16.4. The maximum absolute atomic E-state index is 14.3. The summed E-state index contributed by atoms with van der Waals surface area (Å²) in [6.45, 7) is 7.45. The van der Waals surface area contributed by atoms with E-state index in [2.05, 4.69) is 16.7 Å². The van der Waals surface area contributed by atoms with E-state index in [1.54, 1.807) is 17.0 Å². The second-order valence-corrected chi connectivity index (χ2v) is 8.79. The second kappa shape index (κ2) is 12.2. The van der Waals surface area contributed by atoms with Crippen molar-refractivity contribution >= 4 is 11.8 Å². The maximum atomic E-state index is 14.3. The van der Waals surface area contributed by atoms with Crippen LogP contribution in [0.2, 0.25) is 0 Å². The minimum Gasteiger partial charge on any atom is -0.345 e. The number of amides is 2. The number of benzene rings is 2. The molecule has 2 amide bonds. The lowest BCUT2D eigenvalue weighted by Gasteiger charge is -2.31. The average molecular weight is 464 g/mol. The van der Waals surface area contributed by atoms with Crippen LogP contribution in [0.4, 0.5) is 4.39 Å². The smallest absolute Gasteiger partial charge is 0.257 e. The van der Waals surface area contributed by atoms with E-state index in [4.69, 9.17) is 0 Å². The van der Waals surface area contributed by atoms with Crippen molar-refractivity contribution in [1.82, 2.24) is 14.4 Å². The Morgan fingerprint density at radius 1 is 0.971 bits per heavy atom. The molecule has 0 atom stereocenters. The molecule has 5 nitrogen and oxygen atoms in total. The van der Waals surface area contributed by atoms with Gasteiger partial charge in [0.15, 0.2) is 0 Å². The third kappa shape index (κ3) is 6.56. The summed E-state index contributed by atoms with van der Waals surface area (Å²) in [4.78, 5) is 29.7. The molecule has 0 aliphatic rings. The Kier molecular flexibility index (Phi) is 9.02. The predicted octanol–water partition coefficient (Wildman–Crippen LogP) is 5.36. The number of unbranched alkanes of at least 4 members (excludes halogenated alkanes) is 1. The van der Waals surface area contributed by atoms with Crippen LogP contribution in [0.5, 0.6) is 0 Å². The van der Waals surface area contributed by atoms with Crippen LogP contribution in [-0.4, -0.2) is 45.3 Å². The molecule has 0 bridgehead atoms. The van der Waals surface area contributed by atoms with Crippen LogP contribution < -0.4 is 0 Å². The zero-order chi connectivity index (χ0) is 24.5. The lowest BCUT2D eigenvalue weighted by molar-refractivity contribution is -0.134. The molecule has 0 aliphatic carbocycles. The highest BCUT2D eigenvalue weighted by molar-refractivity contribution is 5.96. The molecule has 0 saturated carbocycles. The molecule has 0 N–H and O–H groups in total. The monoisotopic (exact) mass is 463 g/mol. The third-order valence-corrected chi connectivity index (χ3v) is 5.89. The molecule has 6 heteroatoms. The Morgan fingerprint density at radius 2 is 1.68 bits per heavy atom. The van der Waals surface area contributed by atoms with Crippen LogP contribution >= 0.6 is 0 Å². The van der Waals surface area contributed by atoms with Crippen molar-refractivity contribution in [2.45, 2.75) is 52.7 Å². The number of halogens is 1. The summed E-state index contributed by atoms with van der Waals surface area (Å²) in [5.41, 5.74) is 2.20. The van der Waals surface area contributed by atoms with Gasteiger partial charge in [-0.25, -0.2) is 4.39 Å². The molecule has 1 aromatic heterocycles. The van der Waals surface area contributed by atoms with Gasteiger partial charge in [0.05, 0.1) is 12.1 Å². The van der Waals surface area contributed by atoms with E-state index in [9.17, 15) is 14.0 Å². The maximum Gasteiger partial charge on any atom is 0.257 e. The first-order valence-corrected chi connectivity index (χ1v) is 11.9. The molecule has 0 spiro atoms. The Labute approximate surface area is 201 Å². The molecule has 3 rings (SSSR count). The van der Waals surface area contributed by atoms with E-state index in [0.717, 1.165) is 25.1 Å². The minimum atomic E-state index is -0.569. The highest BCUT2D eigenvalue weighted by Crippen LogP contribution is 2.15. The predicted molar refractivity (Wildman–Crippen MR) is 133 cm³/mol. The molecular weight excluding hydrogens is 429 g/mol. The van der Waals surface area contributed by atoms with Crippen LogP contribution in [0.1, 0.15) is 55.2 Å². The normalized spacial score (nSPS) is 11.0. The average Bonchev–Trinajstić information content (AvgIpc) is 3.26. The van der Waals surface area contributed by atoms with Crippen molar-refractivity contribution in [2.75, 3.05) is 13.1 Å². The van der Waals surface area contributed by atoms with Crippen LogP contribution in [-0.2, 0) is 17.9 Å². The van der Waals surface area contributed by atoms with E-state index in [1.807, 2.05) is 57.3 Å². The third-order valence-electron chi connectivity index (χ3n) is 5.89. The molecule has 0 aliphatic heterocycles. The Balaban J connectivity index is 1.76. The van der Waals surface area contributed by atoms with Crippen molar-refractivity contribution in [3.05, 3.63) is 95.6 Å². The van der Waals surface area contributed by atoms with Crippen molar-refractivity contribution in [1.29, 1.82) is 0 Å². The number of rotatable bonds is 11. The Bertz CT molecular complexity index is 1080. The first-order chi connectivity index (χ1) is 16.4. The van der Waals surface area contributed by atoms with Gasteiger partial charge in [0, 0.05) is 31.0 Å². The molecule has 0 unspecified atom stereocenters. The van der Waals surface area contributed by atoms with Crippen LogP contribution in [0.3, 0.4) is 0 Å². The fraction of sp³-hybridized carbons (Fsp3) is 0.357. The summed E-state index contributed by atoms with van der Waals surface area (Å²) in [5, 5.41) is 0. The molecule has 0 fully saturated rings. The lowest BCUT2D eigenvalue weighted by Crippen LogP contribution is -2.45. The molecule has 0 saturated heterocycles. The first kappa shape index (κ1) is 25.2. The number of aromatic nitrogens is 1. The lowest BCUT2D eigenvalue weighted by atomic mass is 10.1. The van der Waals surface area contributed by atoms with E-state index >= 15 is 0 Å². The summed E-state index contributed by atoms with van der Waals surface area (Å²) in [5.74, 6) is -1.17. The number of hydrogen-bond acceptors (Lipinski definition) is 2. The summed E-state index contributed by atoms with van der Waals surface area (Å²) in [7, 11) is 0. The fourth-order valence-electron chi connectivity index (χ4n) is 3.92. The molecule has 1 heterocycles. The zero-order valence-electron chi connectivity index (χ0n) is 20.3. The first-order valence-electron chi connectivity index (χ1n) is 11.9. The van der Waals surface area contributed by atoms with Crippen molar-refractivity contribution in [3.8, 4) is 0 Å². The summed E-state index contributed by atoms with van der Waals surface area (Å²) in [6, 6.07) is 20.1. The van der Waals surface area contributed by atoms with Gasteiger partial charge in [-0.15, -0.1) is 0 Å². The highest BCUT2D eigenvalue weighted by atomic mass is 19.1. The van der Waals surface area contributed by atoms with Crippen LogP contribution in [0.25, 0.3) is 0 Å². The van der Waals surface area contributed by atoms with Gasteiger partial charge in [0.25, 0.3) is 5.91 Å². The topological polar surface area (TPSA) is 45.6 Å². The van der Waals surface area contributed by atoms with E-state index in [0.29, 0.717) is 13.1 Å². The van der Waals surface area contributed by atoms with E-state index in [-0.39, 0.29) is 24.1 Å². The number of hydrogen-bond donors (Lipinski definition) is 0. The Hall–Kier alpha value is -3.41. The number of nitrogens with zero attached hydrogens (tertiary/aromatic N) is 3. The van der Waals surface area contributed by atoms with Gasteiger partial charge < -0.3 is 14.4 Å². The van der Waals surface area contributed by atoms with Gasteiger partial charge in [0.2, 0.25) is 5.91 Å². The molecule has 3 aromatic rings. The molecule has 0 radical (unpaired) electrons. The minimum absolute atomic E-state index is 0.000706. The van der Waals surface area contributed by atoms with Gasteiger partial charge in [-0.05, 0) is 50.1 Å². The molecule has 2 aromatic carbocycles. The standard InChI is InChI=1S/C28H34FN3O2/c1-4-5-17-31(28(34)25-15-9-10-16-26(25)29)21-27(33)32(22(2)3)20-24-14-11-18-30(24)19-23-12-7-6-8-13-23/h6-16,18,22H,4-5,17,19-21H2,1-3H3. The highest BCUT2D eigenvalue weighted by Gasteiger charge is 2.25. The Morgan fingerprint density at radius 3 is 2.35 bits per heavy atom. The summed E-state index contributed by atoms with van der Waals surface area (Å²) >= 11 is 0. The summed E-state index contributed by atoms with van der Waals surface area (Å²) in [6.07, 6.45) is 3.63. The van der Waals surface area contributed by atoms with Crippen LogP contribution in [0, 0.1) is 5.82 Å². The van der Waals surface area contributed by atoms with E-state index in [1.165, 1.54) is 22.6 Å². The number of carbonyl (C=O) groups excluding carboxylic acids is 2. The van der Waals surface area contributed by atoms with Gasteiger partial charge in [-0.1, -0.05) is 55.8 Å². The molecule has 34 heavy (non-hydrogen) atoms. The second-order valence-electron chi connectivity index (χ2n) is 8.79. The van der Waals surface area contributed by atoms with Crippen LogP contribution in [0.15, 0.2) is 72.9 Å². The van der Waals surface area contributed by atoms with Gasteiger partial charge in [-0.3, -0.25) is 9.59 Å². The largest absolute Gasteiger partial charge is 0.345 e. The van der Waals surface area contributed by atoms with Gasteiger partial charge >= 0.3 is 0 Å². The van der Waals surface area contributed by atoms with Crippen molar-refractivity contribution in [3.63, 3.8) is 0 Å². The van der Waals surface area contributed by atoms with Crippen molar-refractivity contribution < 1.29 is 14.0 Å². The quantitative estimate of drug-likeness (QED) is 0.385. The zero-order valence-corrected chi connectivity index (χ0v) is 20.3. The van der Waals surface area contributed by atoms with E-state index < -0.39 is 11.7 Å². The number of carbonyl (C=O) groups is 2. The SMILES string of the molecule is CCCCN(CC(=O)N(Cc1cccn1Cc1ccccc1)C(C)C)C(=O)c1ccccc1F. The van der Waals surface area contributed by atoms with Gasteiger partial charge in [0.1, 0.15) is 12.4 Å².